The minimum absolute atomic E-state index is 0.221. The van der Waals surface area contributed by atoms with Crippen LogP contribution >= 0.6 is 34.5 Å². The normalized spacial score (nSPS) is 15.6. The molecule has 6 nitrogen and oxygen atoms in total. The zero-order chi connectivity index (χ0) is 25.4. The Balaban J connectivity index is 1.64. The minimum atomic E-state index is -0.652. The summed E-state index contributed by atoms with van der Waals surface area (Å²) in [4.78, 5) is 31.6. The third-order valence-corrected chi connectivity index (χ3v) is 7.55. The van der Waals surface area contributed by atoms with Crippen molar-refractivity contribution in [3.63, 3.8) is 0 Å². The summed E-state index contributed by atoms with van der Waals surface area (Å²) >= 11 is 13.7. The summed E-state index contributed by atoms with van der Waals surface area (Å²) in [5.41, 5.74) is 2.03. The third kappa shape index (κ3) is 4.34. The van der Waals surface area contributed by atoms with Crippen molar-refractivity contribution in [2.75, 3.05) is 6.61 Å². The summed E-state index contributed by atoms with van der Waals surface area (Å²) in [6.07, 6.45) is 1.66. The highest BCUT2D eigenvalue weighted by Gasteiger charge is 2.33. The highest BCUT2D eigenvalue weighted by Crippen LogP contribution is 2.34. The van der Waals surface area contributed by atoms with Gasteiger partial charge in [0.2, 0.25) is 0 Å². The SMILES string of the molecule is CCOC(=O)C1=C(C)N=c2s/c(=C\c3ccc(-c4cccc(Cl)c4Cl)o3)c(=O)n2C1c1ccccc1. The Morgan fingerprint density at radius 1 is 1.14 bits per heavy atom. The molecule has 36 heavy (non-hydrogen) atoms. The van der Waals surface area contributed by atoms with Crippen molar-refractivity contribution in [2.45, 2.75) is 19.9 Å². The summed E-state index contributed by atoms with van der Waals surface area (Å²) in [6, 6.07) is 17.6. The maximum atomic E-state index is 13.6. The van der Waals surface area contributed by atoms with Gasteiger partial charge in [-0.3, -0.25) is 9.36 Å². The molecular formula is C27H20Cl2N2O4S. The summed E-state index contributed by atoms with van der Waals surface area (Å²) < 4.78 is 13.2. The van der Waals surface area contributed by atoms with E-state index in [1.54, 1.807) is 48.8 Å². The number of fused-ring (bicyclic) bond motifs is 1. The molecule has 1 atom stereocenters. The first-order valence-electron chi connectivity index (χ1n) is 11.2. The van der Waals surface area contributed by atoms with E-state index in [4.69, 9.17) is 32.4 Å². The maximum absolute atomic E-state index is 13.6. The number of thiazole rings is 1. The van der Waals surface area contributed by atoms with Gasteiger partial charge in [-0.05, 0) is 43.7 Å². The maximum Gasteiger partial charge on any atom is 0.338 e. The number of nitrogens with zero attached hydrogens (tertiary/aromatic N) is 2. The zero-order valence-electron chi connectivity index (χ0n) is 19.3. The second-order valence-electron chi connectivity index (χ2n) is 8.02. The van der Waals surface area contributed by atoms with Gasteiger partial charge in [-0.15, -0.1) is 0 Å². The molecule has 0 amide bonds. The summed E-state index contributed by atoms with van der Waals surface area (Å²) in [7, 11) is 0. The number of allylic oxidation sites excluding steroid dienone is 1. The van der Waals surface area contributed by atoms with Crippen LogP contribution in [0.2, 0.25) is 10.0 Å². The van der Waals surface area contributed by atoms with Crippen LogP contribution in [0.15, 0.2) is 86.1 Å². The van der Waals surface area contributed by atoms with E-state index in [1.807, 2.05) is 36.4 Å². The summed E-state index contributed by atoms with van der Waals surface area (Å²) in [5, 5.41) is 0.818. The fourth-order valence-electron chi connectivity index (χ4n) is 4.14. The van der Waals surface area contributed by atoms with Gasteiger partial charge < -0.3 is 9.15 Å². The highest BCUT2D eigenvalue weighted by molar-refractivity contribution is 7.07. The average molecular weight is 539 g/mol. The van der Waals surface area contributed by atoms with Crippen molar-refractivity contribution in [1.29, 1.82) is 0 Å². The van der Waals surface area contributed by atoms with E-state index in [9.17, 15) is 9.59 Å². The molecule has 2 aromatic carbocycles. The quantitative estimate of drug-likeness (QED) is 0.320. The molecule has 1 aliphatic rings. The molecular weight excluding hydrogens is 519 g/mol. The highest BCUT2D eigenvalue weighted by atomic mass is 35.5. The molecule has 0 N–H and O–H groups in total. The van der Waals surface area contributed by atoms with Gasteiger partial charge in [-0.2, -0.15) is 0 Å². The van der Waals surface area contributed by atoms with Gasteiger partial charge in [0.15, 0.2) is 4.80 Å². The van der Waals surface area contributed by atoms with Crippen molar-refractivity contribution >= 4 is 46.6 Å². The largest absolute Gasteiger partial charge is 0.463 e. The predicted molar refractivity (Wildman–Crippen MR) is 141 cm³/mol. The summed E-state index contributed by atoms with van der Waals surface area (Å²) in [6.45, 7) is 3.72. The van der Waals surface area contributed by atoms with Crippen LogP contribution in [0.25, 0.3) is 17.4 Å². The molecule has 1 unspecified atom stereocenters. The Kier molecular flexibility index (Phi) is 6.71. The number of benzene rings is 2. The number of esters is 1. The fourth-order valence-corrected chi connectivity index (χ4v) is 5.56. The number of hydrogen-bond acceptors (Lipinski definition) is 6. The van der Waals surface area contributed by atoms with Crippen molar-refractivity contribution in [3.8, 4) is 11.3 Å². The molecule has 0 aliphatic carbocycles. The molecule has 0 radical (unpaired) electrons. The van der Waals surface area contributed by atoms with Crippen LogP contribution in [0.3, 0.4) is 0 Å². The van der Waals surface area contributed by atoms with Gasteiger partial charge in [0.05, 0.1) is 38.5 Å². The number of halogens is 2. The molecule has 182 valence electrons. The smallest absolute Gasteiger partial charge is 0.338 e. The Labute approximate surface area is 220 Å². The van der Waals surface area contributed by atoms with E-state index in [-0.39, 0.29) is 12.2 Å². The molecule has 0 fully saturated rings. The number of carbonyl (C=O) groups is 1. The van der Waals surface area contributed by atoms with Crippen LogP contribution in [-0.2, 0) is 9.53 Å². The lowest BCUT2D eigenvalue weighted by Crippen LogP contribution is -2.39. The Hall–Kier alpha value is -3.39. The van der Waals surface area contributed by atoms with Gasteiger partial charge in [-0.25, -0.2) is 9.79 Å². The molecule has 3 heterocycles. The fraction of sp³-hybridized carbons (Fsp3) is 0.148. The predicted octanol–water partition coefficient (Wildman–Crippen LogP) is 5.37. The number of furan rings is 1. The van der Waals surface area contributed by atoms with Crippen LogP contribution in [-0.4, -0.2) is 17.1 Å². The van der Waals surface area contributed by atoms with Crippen LogP contribution in [0, 0.1) is 0 Å². The van der Waals surface area contributed by atoms with Crippen molar-refractivity contribution in [3.05, 3.63) is 113 Å². The van der Waals surface area contributed by atoms with E-state index in [0.717, 1.165) is 5.56 Å². The standard InChI is InChI=1S/C27H20Cl2N2O4S/c1-3-34-26(33)22-15(2)30-27-31(24(22)16-8-5-4-6-9-16)25(32)21(36-27)14-17-12-13-20(35-17)18-10-7-11-19(28)23(18)29/h4-14,24H,3H2,1-2H3/b21-14-. The van der Waals surface area contributed by atoms with Crippen molar-refractivity contribution in [1.82, 2.24) is 4.57 Å². The molecule has 0 saturated carbocycles. The number of ether oxygens (including phenoxy) is 1. The average Bonchev–Trinajstić information content (AvgIpc) is 3.45. The second kappa shape index (κ2) is 9.93. The van der Waals surface area contributed by atoms with Crippen molar-refractivity contribution < 1.29 is 13.9 Å². The lowest BCUT2D eigenvalue weighted by Gasteiger charge is -2.24. The number of hydrogen-bond donors (Lipinski definition) is 0. The first-order chi connectivity index (χ1) is 17.4. The van der Waals surface area contributed by atoms with Crippen LogP contribution < -0.4 is 14.9 Å². The van der Waals surface area contributed by atoms with Crippen LogP contribution in [0.1, 0.15) is 31.2 Å². The topological polar surface area (TPSA) is 73.8 Å². The lowest BCUT2D eigenvalue weighted by molar-refractivity contribution is -0.139. The van der Waals surface area contributed by atoms with Crippen LogP contribution in [0.5, 0.6) is 0 Å². The molecule has 0 bridgehead atoms. The zero-order valence-corrected chi connectivity index (χ0v) is 21.7. The van der Waals surface area contributed by atoms with Gasteiger partial charge >= 0.3 is 5.97 Å². The third-order valence-electron chi connectivity index (χ3n) is 5.75. The molecule has 2 aromatic heterocycles. The first-order valence-corrected chi connectivity index (χ1v) is 12.7. The van der Waals surface area contributed by atoms with Crippen LogP contribution in [0.4, 0.5) is 0 Å². The molecule has 9 heteroatoms. The second-order valence-corrected chi connectivity index (χ2v) is 9.81. The van der Waals surface area contributed by atoms with Gasteiger partial charge in [-0.1, -0.05) is 70.9 Å². The molecule has 1 aliphatic heterocycles. The summed E-state index contributed by atoms with van der Waals surface area (Å²) in [5.74, 6) is 0.518. The van der Waals surface area contributed by atoms with E-state index in [1.165, 1.54) is 11.3 Å². The number of aromatic nitrogens is 1. The molecule has 4 aromatic rings. The molecule has 0 spiro atoms. The Bertz CT molecular complexity index is 1680. The van der Waals surface area contributed by atoms with E-state index in [0.29, 0.717) is 47.7 Å². The minimum Gasteiger partial charge on any atom is -0.463 e. The number of rotatable bonds is 5. The van der Waals surface area contributed by atoms with Gasteiger partial charge in [0, 0.05) is 11.6 Å². The van der Waals surface area contributed by atoms with Gasteiger partial charge in [0.1, 0.15) is 11.5 Å². The van der Waals surface area contributed by atoms with E-state index < -0.39 is 12.0 Å². The Morgan fingerprint density at radius 2 is 1.92 bits per heavy atom. The number of carbonyl (C=O) groups excluding carboxylic acids is 1. The van der Waals surface area contributed by atoms with E-state index in [2.05, 4.69) is 4.99 Å². The Morgan fingerprint density at radius 3 is 2.67 bits per heavy atom. The monoisotopic (exact) mass is 538 g/mol. The van der Waals surface area contributed by atoms with E-state index >= 15 is 0 Å². The molecule has 0 saturated heterocycles. The lowest BCUT2D eigenvalue weighted by atomic mass is 9.96. The van der Waals surface area contributed by atoms with Gasteiger partial charge in [0.25, 0.3) is 5.56 Å². The first kappa shape index (κ1) is 24.3. The van der Waals surface area contributed by atoms with Crippen molar-refractivity contribution in [2.24, 2.45) is 4.99 Å². The molecule has 5 rings (SSSR count).